The van der Waals surface area contributed by atoms with Crippen LogP contribution in [0.15, 0.2) is 40.6 Å². The molecule has 0 bridgehead atoms. The third kappa shape index (κ3) is 4.10. The largest absolute Gasteiger partial charge is 0.492 e. The van der Waals surface area contributed by atoms with Gasteiger partial charge < -0.3 is 47.3 Å². The van der Waals surface area contributed by atoms with Crippen LogP contribution in [-0.2, 0) is 5.41 Å². The molecule has 4 atom stereocenters. The zero-order valence-electron chi connectivity index (χ0n) is 23.5. The van der Waals surface area contributed by atoms with Crippen LogP contribution in [-0.4, -0.2) is 98.1 Å². The predicted octanol–water partition coefficient (Wildman–Crippen LogP) is -1.95. The van der Waals surface area contributed by atoms with Gasteiger partial charge in [-0.2, -0.15) is 0 Å². The van der Waals surface area contributed by atoms with Gasteiger partial charge in [-0.25, -0.2) is 15.0 Å². The molecule has 0 saturated carbocycles. The number of nitrogens with one attached hydrogen (secondary N) is 3. The number of benzene rings is 1. The summed E-state index contributed by atoms with van der Waals surface area (Å²) in [4.78, 5) is 44.8. The molecule has 1 saturated heterocycles. The highest BCUT2D eigenvalue weighted by Crippen LogP contribution is 2.45. The van der Waals surface area contributed by atoms with E-state index in [1.165, 1.54) is 17.3 Å². The van der Waals surface area contributed by atoms with Crippen molar-refractivity contribution in [3.8, 4) is 5.75 Å². The number of para-hydroxylation sites is 1. The maximum absolute atomic E-state index is 13.6. The Hall–Kier alpha value is -4.50. The highest BCUT2D eigenvalue weighted by Gasteiger charge is 2.73. The number of aliphatic imine (C=N–C) groups is 2. The third-order valence-electron chi connectivity index (χ3n) is 8.53. The molecule has 15 heteroatoms. The average molecular weight is 579 g/mol. The minimum atomic E-state index is -2.63. The Kier molecular flexibility index (Phi) is 6.27. The maximum Gasteiger partial charge on any atom is 0.271 e. The molecule has 1 aromatic heterocycles. The van der Waals surface area contributed by atoms with Crippen molar-refractivity contribution < 1.29 is 24.5 Å². The van der Waals surface area contributed by atoms with Crippen LogP contribution in [0.3, 0.4) is 0 Å². The summed E-state index contributed by atoms with van der Waals surface area (Å²) in [6.07, 6.45) is 3.67. The molecule has 222 valence electrons. The smallest absolute Gasteiger partial charge is 0.271 e. The quantitative estimate of drug-likeness (QED) is 0.193. The summed E-state index contributed by atoms with van der Waals surface area (Å²) in [7, 11) is 0. The zero-order valence-corrected chi connectivity index (χ0v) is 23.5. The third-order valence-corrected chi connectivity index (χ3v) is 8.53. The van der Waals surface area contributed by atoms with Gasteiger partial charge in [-0.3, -0.25) is 14.6 Å². The Balaban J connectivity index is 1.26. The van der Waals surface area contributed by atoms with Gasteiger partial charge in [0, 0.05) is 24.8 Å². The number of carbonyl (C=O) groups is 2. The van der Waals surface area contributed by atoms with Crippen molar-refractivity contribution >= 4 is 23.7 Å². The first-order valence-electron chi connectivity index (χ1n) is 13.7. The van der Waals surface area contributed by atoms with E-state index < -0.39 is 41.4 Å². The molecule has 42 heavy (non-hydrogen) atoms. The van der Waals surface area contributed by atoms with Gasteiger partial charge in [0.2, 0.25) is 5.79 Å². The Morgan fingerprint density at radius 1 is 1.19 bits per heavy atom. The molecular weight excluding hydrogens is 544 g/mol. The van der Waals surface area contributed by atoms with Crippen molar-refractivity contribution in [2.45, 2.75) is 62.2 Å². The molecule has 2 aromatic rings. The summed E-state index contributed by atoms with van der Waals surface area (Å²) in [5, 5.41) is 31.9. The van der Waals surface area contributed by atoms with Crippen molar-refractivity contribution in [1.82, 2.24) is 30.8 Å². The molecule has 4 aliphatic heterocycles. The van der Waals surface area contributed by atoms with E-state index in [2.05, 4.69) is 49.8 Å². The number of aromatic nitrogens is 2. The van der Waals surface area contributed by atoms with Crippen LogP contribution in [0.5, 0.6) is 5.75 Å². The van der Waals surface area contributed by atoms with E-state index in [9.17, 15) is 19.8 Å². The van der Waals surface area contributed by atoms with E-state index >= 15 is 0 Å². The Morgan fingerprint density at radius 2 is 1.98 bits per heavy atom. The summed E-state index contributed by atoms with van der Waals surface area (Å²) < 4.78 is 5.89. The summed E-state index contributed by atoms with van der Waals surface area (Å²) in [5.41, 5.74) is 12.3. The van der Waals surface area contributed by atoms with Crippen molar-refractivity contribution in [3.63, 3.8) is 0 Å². The number of aliphatic hydroxyl groups is 2. The number of fused-ring (bicyclic) bond motifs is 1. The lowest BCUT2D eigenvalue weighted by molar-refractivity contribution is -0.230. The first-order valence-corrected chi connectivity index (χ1v) is 13.7. The molecule has 1 spiro atoms. The predicted molar refractivity (Wildman–Crippen MR) is 150 cm³/mol. The number of rotatable bonds is 5. The van der Waals surface area contributed by atoms with E-state index in [4.69, 9.17) is 16.2 Å². The van der Waals surface area contributed by atoms with E-state index in [1.54, 1.807) is 19.1 Å². The molecular formula is C27H34N10O5. The summed E-state index contributed by atoms with van der Waals surface area (Å²) in [6, 6.07) is 2.29. The fraction of sp³-hybridized carbons (Fsp3) is 0.481. The standard InChI is InChI=1S/C27H34N10O5/c1-13-9-30-10-17(32-13)22(39)31-11-16-20-26(36-23(28)35-20)27(40,41)18(12-37(26)24(29)33-16)34-21(38)14-5-4-6-15-19(14)42-8-7-25(15,2)3/h4-6,9-10,16,18,20,40-41H,7-8,11-12H2,1-3H3,(H2,29,33)(H,31,39)(H,34,38)(H3,28,35,36)/t16-,18?,20-,26-/m0/s1. The average Bonchev–Trinajstić information content (AvgIpc) is 3.40. The van der Waals surface area contributed by atoms with Crippen LogP contribution in [0.25, 0.3) is 0 Å². The second-order valence-corrected chi connectivity index (χ2v) is 11.7. The molecule has 1 fully saturated rings. The van der Waals surface area contributed by atoms with Crippen molar-refractivity contribution in [2.24, 2.45) is 21.5 Å². The monoisotopic (exact) mass is 578 g/mol. The molecule has 15 nitrogen and oxygen atoms in total. The first kappa shape index (κ1) is 27.7. The van der Waals surface area contributed by atoms with Gasteiger partial charge in [0.15, 0.2) is 17.6 Å². The number of nitrogens with two attached hydrogens (primary N) is 2. The van der Waals surface area contributed by atoms with E-state index in [0.717, 1.165) is 12.0 Å². The summed E-state index contributed by atoms with van der Waals surface area (Å²) >= 11 is 0. The van der Waals surface area contributed by atoms with Crippen LogP contribution in [0.4, 0.5) is 0 Å². The molecule has 4 aliphatic rings. The Labute approximate surface area is 241 Å². The van der Waals surface area contributed by atoms with Crippen LogP contribution in [0.2, 0.25) is 0 Å². The van der Waals surface area contributed by atoms with Crippen LogP contribution in [0.1, 0.15) is 52.4 Å². The molecule has 5 heterocycles. The number of nitrogens with zero attached hydrogens (tertiary/aromatic N) is 5. The Morgan fingerprint density at radius 3 is 2.74 bits per heavy atom. The fourth-order valence-corrected chi connectivity index (χ4v) is 6.30. The molecule has 9 N–H and O–H groups in total. The lowest BCUT2D eigenvalue weighted by Gasteiger charge is -2.49. The molecule has 0 aliphatic carbocycles. The van der Waals surface area contributed by atoms with E-state index in [-0.39, 0.29) is 41.7 Å². The number of aryl methyl sites for hydroxylation is 1. The summed E-state index contributed by atoms with van der Waals surface area (Å²) in [6.45, 7) is 6.17. The molecule has 1 aromatic carbocycles. The molecule has 0 radical (unpaired) electrons. The van der Waals surface area contributed by atoms with Gasteiger partial charge in [0.05, 0.1) is 30.1 Å². The van der Waals surface area contributed by atoms with Gasteiger partial charge in [-0.15, -0.1) is 0 Å². The van der Waals surface area contributed by atoms with Crippen molar-refractivity contribution in [3.05, 3.63) is 53.1 Å². The number of guanidine groups is 2. The normalized spacial score (nSPS) is 28.2. The van der Waals surface area contributed by atoms with Gasteiger partial charge in [0.25, 0.3) is 11.8 Å². The highest BCUT2D eigenvalue weighted by atomic mass is 16.5. The minimum Gasteiger partial charge on any atom is -0.492 e. The number of hydrogen-bond donors (Lipinski definition) is 7. The van der Waals surface area contributed by atoms with Gasteiger partial charge in [0.1, 0.15) is 23.5 Å². The fourth-order valence-electron chi connectivity index (χ4n) is 6.30. The number of hydrogen-bond acceptors (Lipinski definition) is 13. The maximum atomic E-state index is 13.6. The number of carbonyl (C=O) groups excluding carboxylic acids is 2. The topological polar surface area (TPSA) is 226 Å². The van der Waals surface area contributed by atoms with Crippen LogP contribution in [0, 0.1) is 6.92 Å². The minimum absolute atomic E-state index is 0.0374. The van der Waals surface area contributed by atoms with Crippen molar-refractivity contribution in [1.29, 1.82) is 0 Å². The van der Waals surface area contributed by atoms with Crippen LogP contribution >= 0.6 is 0 Å². The highest BCUT2D eigenvalue weighted by molar-refractivity contribution is 5.98. The van der Waals surface area contributed by atoms with Gasteiger partial charge >= 0.3 is 0 Å². The van der Waals surface area contributed by atoms with Gasteiger partial charge in [-0.1, -0.05) is 26.0 Å². The number of ether oxygens (including phenoxy) is 1. The second kappa shape index (κ2) is 9.52. The zero-order chi connectivity index (χ0) is 30.0. The SMILES string of the molecule is Cc1cncc(C(=O)NC[C@@H]2N=C(N)N3CC(NC(=O)c4cccc5c4OCCC5(C)C)C(O)(O)[C@@]34NC(N)=N[C@@H]24)n1. The first-order chi connectivity index (χ1) is 19.8. The second-order valence-electron chi connectivity index (χ2n) is 11.7. The molecule has 2 amide bonds. The van der Waals surface area contributed by atoms with Crippen LogP contribution < -0.4 is 32.2 Å². The van der Waals surface area contributed by atoms with Gasteiger partial charge in [-0.05, 0) is 24.8 Å². The van der Waals surface area contributed by atoms with Crippen molar-refractivity contribution in [2.75, 3.05) is 19.7 Å². The Bertz CT molecular complexity index is 1520. The molecule has 6 rings (SSSR count). The van der Waals surface area contributed by atoms with E-state index in [1.807, 2.05) is 6.07 Å². The lowest BCUT2D eigenvalue weighted by Crippen LogP contribution is -2.78. The lowest BCUT2D eigenvalue weighted by atomic mass is 9.79. The number of amides is 2. The summed E-state index contributed by atoms with van der Waals surface area (Å²) in [5.74, 6) is -3.29. The molecule has 1 unspecified atom stereocenters. The van der Waals surface area contributed by atoms with E-state index in [0.29, 0.717) is 18.1 Å².